The predicted octanol–water partition coefficient (Wildman–Crippen LogP) is 0.119. The van der Waals surface area contributed by atoms with Crippen molar-refractivity contribution in [2.45, 2.75) is 17.4 Å². The molecule has 1 unspecified atom stereocenters. The molecule has 1 atom stereocenters. The molecule has 0 aliphatic carbocycles. The van der Waals surface area contributed by atoms with E-state index in [1.54, 1.807) is 0 Å². The monoisotopic (exact) mass is 341 g/mol. The number of carbonyl (C=O) groups is 4. The van der Waals surface area contributed by atoms with Crippen LogP contribution in [0, 0.1) is 0 Å². The number of nitrogens with zero attached hydrogens (tertiary/aromatic N) is 1. The largest absolute Gasteiger partial charge is 0.481 e. The molecule has 0 radical (unpaired) electrons. The number of hydrogen-bond acceptors (Lipinski definition) is 6. The summed E-state index contributed by atoms with van der Waals surface area (Å²) in [4.78, 5) is 42.6. The van der Waals surface area contributed by atoms with Gasteiger partial charge in [-0.15, -0.1) is 0 Å². The number of carboxylic acid groups (broad SMARTS) is 2. The van der Waals surface area contributed by atoms with Crippen LogP contribution in [-0.4, -0.2) is 51.0 Å². The zero-order chi connectivity index (χ0) is 17.4. The van der Waals surface area contributed by atoms with Crippen molar-refractivity contribution in [2.75, 3.05) is 6.54 Å². The molecule has 124 valence electrons. The van der Waals surface area contributed by atoms with Gasteiger partial charge in [-0.05, 0) is 24.1 Å². The smallest absolute Gasteiger partial charge is 0.334 e. The maximum Gasteiger partial charge on any atom is 0.334 e. The number of aliphatic carboxylic acids is 2. The highest BCUT2D eigenvalue weighted by molar-refractivity contribution is 7.97. The van der Waals surface area contributed by atoms with Crippen molar-refractivity contribution in [1.82, 2.24) is 9.62 Å². The molecule has 3 amide bonds. The molecule has 23 heavy (non-hydrogen) atoms. The molecular weight excluding hydrogens is 326 g/mol. The fraction of sp³-hybridized carbons (Fsp3) is 0.231. The van der Waals surface area contributed by atoms with Crippen LogP contribution in [0.1, 0.15) is 6.42 Å². The fourth-order valence-electron chi connectivity index (χ4n) is 1.38. The third-order valence-corrected chi connectivity index (χ3v) is 3.43. The van der Waals surface area contributed by atoms with E-state index in [1.807, 2.05) is 30.3 Å². The Hall–Kier alpha value is -2.59. The van der Waals surface area contributed by atoms with Crippen molar-refractivity contribution in [3.05, 3.63) is 30.3 Å². The Morgan fingerprint density at radius 2 is 1.87 bits per heavy atom. The first-order valence-corrected chi connectivity index (χ1v) is 7.11. The lowest BCUT2D eigenvalue weighted by atomic mass is 10.2. The number of benzene rings is 1. The van der Waals surface area contributed by atoms with Crippen molar-refractivity contribution >= 4 is 35.8 Å². The van der Waals surface area contributed by atoms with Crippen molar-refractivity contribution in [1.29, 1.82) is 0 Å². The number of carboxylic acids is 2. The summed E-state index contributed by atoms with van der Waals surface area (Å²) in [5.41, 5.74) is 4.84. The van der Waals surface area contributed by atoms with Gasteiger partial charge in [0.15, 0.2) is 0 Å². The van der Waals surface area contributed by atoms with Gasteiger partial charge in [0.05, 0.1) is 6.42 Å². The van der Waals surface area contributed by atoms with E-state index in [2.05, 4.69) is 5.32 Å². The molecule has 1 heterocycles. The average Bonchev–Trinajstić information content (AvgIpc) is 2.78. The molecule has 1 aliphatic heterocycles. The zero-order valence-corrected chi connectivity index (χ0v) is 12.7. The molecular formula is C13H15N3O6S. The summed E-state index contributed by atoms with van der Waals surface area (Å²) in [7, 11) is 0. The molecule has 0 aromatic heterocycles. The Morgan fingerprint density at radius 3 is 2.26 bits per heavy atom. The van der Waals surface area contributed by atoms with Gasteiger partial charge in [-0.2, -0.15) is 0 Å². The molecule has 0 saturated carbocycles. The molecule has 1 aliphatic rings. The third kappa shape index (κ3) is 6.80. The molecule has 5 N–H and O–H groups in total. The second-order valence-corrected chi connectivity index (χ2v) is 5.43. The lowest BCUT2D eigenvalue weighted by Gasteiger charge is -2.10. The molecule has 1 fully saturated rings. The minimum absolute atomic E-state index is 0.123. The van der Waals surface area contributed by atoms with Gasteiger partial charge in [0.2, 0.25) is 5.91 Å². The quantitative estimate of drug-likeness (QED) is 0.435. The van der Waals surface area contributed by atoms with Gasteiger partial charge in [0.1, 0.15) is 12.6 Å². The van der Waals surface area contributed by atoms with Crippen LogP contribution in [-0.2, 0) is 14.4 Å². The van der Waals surface area contributed by atoms with E-state index in [-0.39, 0.29) is 18.5 Å². The van der Waals surface area contributed by atoms with E-state index in [0.717, 1.165) is 4.90 Å². The van der Waals surface area contributed by atoms with E-state index in [0.29, 0.717) is 0 Å². The normalized spacial score (nSPS) is 14.6. The Morgan fingerprint density at radius 1 is 1.26 bits per heavy atom. The lowest BCUT2D eigenvalue weighted by molar-refractivity contribution is -0.144. The Balaban J connectivity index is 0.000000257. The minimum atomic E-state index is -1.29. The van der Waals surface area contributed by atoms with E-state index in [9.17, 15) is 19.2 Å². The summed E-state index contributed by atoms with van der Waals surface area (Å²) >= 11 is 1.26. The van der Waals surface area contributed by atoms with Crippen LogP contribution >= 0.6 is 11.9 Å². The molecule has 0 spiro atoms. The summed E-state index contributed by atoms with van der Waals surface area (Å²) in [5, 5.41) is 18.2. The van der Waals surface area contributed by atoms with Gasteiger partial charge in [0, 0.05) is 4.90 Å². The summed E-state index contributed by atoms with van der Waals surface area (Å²) in [6, 6.07) is 7.82. The van der Waals surface area contributed by atoms with E-state index in [4.69, 9.17) is 15.9 Å². The Labute approximate surface area is 135 Å². The topological polar surface area (TPSA) is 150 Å². The van der Waals surface area contributed by atoms with Crippen molar-refractivity contribution in [3.8, 4) is 0 Å². The molecule has 10 heteroatoms. The number of imide groups is 1. The first kappa shape index (κ1) is 18.5. The minimum Gasteiger partial charge on any atom is -0.481 e. The first-order valence-electron chi connectivity index (χ1n) is 6.34. The highest BCUT2D eigenvalue weighted by Gasteiger charge is 2.27. The number of nitrogens with one attached hydrogen (secondary N) is 1. The molecule has 1 saturated heterocycles. The third-order valence-electron chi connectivity index (χ3n) is 2.43. The van der Waals surface area contributed by atoms with Crippen LogP contribution in [0.15, 0.2) is 35.2 Å². The van der Waals surface area contributed by atoms with Crippen LogP contribution in [0.2, 0.25) is 0 Å². The number of rotatable bonds is 5. The highest BCUT2D eigenvalue weighted by Crippen LogP contribution is 2.23. The fourth-order valence-corrected chi connectivity index (χ4v) is 2.22. The Kier molecular flexibility index (Phi) is 7.03. The predicted molar refractivity (Wildman–Crippen MR) is 80.4 cm³/mol. The molecule has 1 aromatic carbocycles. The molecule has 9 nitrogen and oxygen atoms in total. The van der Waals surface area contributed by atoms with Gasteiger partial charge in [0.25, 0.3) is 0 Å². The van der Waals surface area contributed by atoms with Crippen LogP contribution in [0.3, 0.4) is 0 Å². The number of carbonyl (C=O) groups excluding carboxylic acids is 2. The summed E-state index contributed by atoms with van der Waals surface area (Å²) < 4.78 is 1.40. The Bertz CT molecular complexity index is 595. The summed E-state index contributed by atoms with van der Waals surface area (Å²) in [5.74, 6) is -2.75. The lowest BCUT2D eigenvalue weighted by Crippen LogP contribution is -2.32. The summed E-state index contributed by atoms with van der Waals surface area (Å²) in [6.07, 6.45) is -0.532. The molecule has 0 bridgehead atoms. The number of nitrogens with two attached hydrogens (primary N) is 1. The van der Waals surface area contributed by atoms with Gasteiger partial charge < -0.3 is 15.9 Å². The average molecular weight is 341 g/mol. The second kappa shape index (κ2) is 8.76. The van der Waals surface area contributed by atoms with Gasteiger partial charge in [-0.25, -0.2) is 4.79 Å². The zero-order valence-electron chi connectivity index (χ0n) is 11.8. The molecule has 2 rings (SSSR count). The summed E-state index contributed by atoms with van der Waals surface area (Å²) in [6.45, 7) is 0.123. The number of amides is 3. The SMILES string of the molecule is NC(CC(=O)O)C(=O)O.O=C1CN(Sc2ccccc2)C(=O)N1. The van der Waals surface area contributed by atoms with E-state index >= 15 is 0 Å². The van der Waals surface area contributed by atoms with Crippen LogP contribution in [0.25, 0.3) is 0 Å². The van der Waals surface area contributed by atoms with Crippen LogP contribution < -0.4 is 11.1 Å². The standard InChI is InChI=1S/C9H8N2O2S.C4H7NO4/c12-8-6-11(9(13)10-8)14-7-4-2-1-3-5-7;5-2(4(8)9)1-3(6)7/h1-5H,6H2,(H,10,12,13);2H,1,5H2,(H,6,7)(H,8,9). The molecule has 1 aromatic rings. The second-order valence-electron chi connectivity index (χ2n) is 4.34. The number of hydrogen-bond donors (Lipinski definition) is 4. The van der Waals surface area contributed by atoms with Gasteiger partial charge >= 0.3 is 18.0 Å². The van der Waals surface area contributed by atoms with Crippen molar-refractivity contribution in [3.63, 3.8) is 0 Å². The first-order chi connectivity index (χ1) is 10.8. The highest BCUT2D eigenvalue weighted by atomic mass is 32.2. The van der Waals surface area contributed by atoms with E-state index in [1.165, 1.54) is 16.3 Å². The van der Waals surface area contributed by atoms with Crippen molar-refractivity contribution < 1.29 is 29.4 Å². The maximum absolute atomic E-state index is 11.2. The van der Waals surface area contributed by atoms with E-state index < -0.39 is 24.4 Å². The van der Waals surface area contributed by atoms with Crippen LogP contribution in [0.5, 0.6) is 0 Å². The van der Waals surface area contributed by atoms with Gasteiger partial charge in [-0.3, -0.25) is 24.0 Å². The van der Waals surface area contributed by atoms with Crippen molar-refractivity contribution in [2.24, 2.45) is 5.73 Å². The van der Waals surface area contributed by atoms with Crippen LogP contribution in [0.4, 0.5) is 4.79 Å². The number of urea groups is 1. The van der Waals surface area contributed by atoms with Gasteiger partial charge in [-0.1, -0.05) is 18.2 Å². The maximum atomic E-state index is 11.2.